The third-order valence-electron chi connectivity index (χ3n) is 10.6. The Morgan fingerprint density at radius 2 is 0.952 bits per heavy atom. The Labute approximate surface area is 361 Å². The number of carbonyl (C=O) groups is 2. The third-order valence-corrected chi connectivity index (χ3v) is 10.6. The van der Waals surface area contributed by atoms with Gasteiger partial charge in [-0.15, -0.1) is 0 Å². The Balaban J connectivity index is 1.22. The van der Waals surface area contributed by atoms with Gasteiger partial charge in [0.15, 0.2) is 18.7 Å². The van der Waals surface area contributed by atoms with Crippen LogP contribution in [0.1, 0.15) is 37.4 Å². The standard InChI is InChI=1S/C49H52O13/c1-53-42-41(38(31-55-28-33-18-8-3-9-19-33)59-48(52)44(42)56-29-34-20-10-4-11-21-34)62-49-45(57-30-35-22-12-5-13-23-35)43(54-2)40(61-47(51)37-26-16-7-17-27-37)39(60-49)32-58-46(50)36-24-14-6-15-25-36/h3-27,38-45,48-49,52H,28-32H2,1-2H3/t38-,39-,40-,41-,42+,43+,44+,45+,48+,49-/m1/s1. The summed E-state index contributed by atoms with van der Waals surface area (Å²) < 4.78 is 63.2. The molecule has 0 bridgehead atoms. The highest BCUT2D eigenvalue weighted by atomic mass is 16.8. The van der Waals surface area contributed by atoms with Crippen LogP contribution in [-0.2, 0) is 67.2 Å². The van der Waals surface area contributed by atoms with Crippen LogP contribution in [0.4, 0.5) is 0 Å². The van der Waals surface area contributed by atoms with Crippen molar-refractivity contribution in [3.05, 3.63) is 179 Å². The lowest BCUT2D eigenvalue weighted by atomic mass is 9.96. The van der Waals surface area contributed by atoms with Crippen LogP contribution in [0.2, 0.25) is 0 Å². The van der Waals surface area contributed by atoms with Crippen molar-refractivity contribution in [1.82, 2.24) is 0 Å². The molecule has 7 rings (SSSR count). The fraction of sp³-hybridized carbons (Fsp3) is 0.347. The summed E-state index contributed by atoms with van der Waals surface area (Å²) in [5, 5.41) is 11.5. The number of esters is 2. The Morgan fingerprint density at radius 3 is 1.48 bits per heavy atom. The number of hydrogen-bond acceptors (Lipinski definition) is 13. The maximum atomic E-state index is 13.7. The van der Waals surface area contributed by atoms with Gasteiger partial charge in [0.05, 0.1) is 37.6 Å². The van der Waals surface area contributed by atoms with E-state index in [0.717, 1.165) is 16.7 Å². The van der Waals surface area contributed by atoms with Gasteiger partial charge in [-0.3, -0.25) is 0 Å². The number of carbonyl (C=O) groups excluding carboxylic acids is 2. The van der Waals surface area contributed by atoms with E-state index in [1.807, 2.05) is 91.0 Å². The van der Waals surface area contributed by atoms with Crippen LogP contribution in [0.3, 0.4) is 0 Å². The highest BCUT2D eigenvalue weighted by Crippen LogP contribution is 2.35. The predicted molar refractivity (Wildman–Crippen MR) is 225 cm³/mol. The van der Waals surface area contributed by atoms with E-state index in [9.17, 15) is 14.7 Å². The summed E-state index contributed by atoms with van der Waals surface area (Å²) in [7, 11) is 2.96. The first-order valence-corrected chi connectivity index (χ1v) is 20.5. The molecule has 13 nitrogen and oxygen atoms in total. The molecule has 0 unspecified atom stereocenters. The molecule has 13 heteroatoms. The van der Waals surface area contributed by atoms with Gasteiger partial charge in [0.1, 0.15) is 49.3 Å². The van der Waals surface area contributed by atoms with E-state index in [4.69, 9.17) is 47.4 Å². The van der Waals surface area contributed by atoms with Crippen molar-refractivity contribution >= 4 is 11.9 Å². The van der Waals surface area contributed by atoms with Crippen LogP contribution in [0.15, 0.2) is 152 Å². The number of aliphatic hydroxyl groups excluding tert-OH is 1. The molecule has 0 radical (unpaired) electrons. The number of rotatable bonds is 19. The minimum Gasteiger partial charge on any atom is -0.459 e. The molecule has 0 saturated carbocycles. The molecule has 326 valence electrons. The molecule has 0 aromatic heterocycles. The second kappa shape index (κ2) is 22.7. The normalized spacial score (nSPS) is 26.0. The minimum absolute atomic E-state index is 0.0206. The fourth-order valence-electron chi connectivity index (χ4n) is 7.48. The molecule has 62 heavy (non-hydrogen) atoms. The molecule has 2 heterocycles. The first-order chi connectivity index (χ1) is 30.4. The predicted octanol–water partition coefficient (Wildman–Crippen LogP) is 6.31. The van der Waals surface area contributed by atoms with Gasteiger partial charge < -0.3 is 52.5 Å². The SMILES string of the molecule is CO[C@@H]1[C@H](OCc2ccccc2)[C@@H](O[C@H]2[C@H](OC)[C@H](OCc3ccccc3)[C@@H](O)O[C@@H]2COCc2ccccc2)O[C@H](COC(=O)c2ccccc2)[C@H]1OC(=O)c1ccccc1. The van der Waals surface area contributed by atoms with Crippen LogP contribution in [0.5, 0.6) is 0 Å². The number of aliphatic hydroxyl groups is 1. The first-order valence-electron chi connectivity index (χ1n) is 20.5. The van der Waals surface area contributed by atoms with Gasteiger partial charge in [0, 0.05) is 14.2 Å². The highest BCUT2D eigenvalue weighted by molar-refractivity contribution is 5.90. The van der Waals surface area contributed by atoms with Crippen molar-refractivity contribution in [2.45, 2.75) is 81.2 Å². The van der Waals surface area contributed by atoms with Crippen LogP contribution < -0.4 is 0 Å². The van der Waals surface area contributed by atoms with Crippen LogP contribution in [0.25, 0.3) is 0 Å². The van der Waals surface area contributed by atoms with Gasteiger partial charge in [-0.25, -0.2) is 9.59 Å². The van der Waals surface area contributed by atoms with Crippen LogP contribution >= 0.6 is 0 Å². The lowest BCUT2D eigenvalue weighted by Gasteiger charge is -2.49. The Kier molecular flexibility index (Phi) is 16.4. The van der Waals surface area contributed by atoms with Crippen LogP contribution in [0, 0.1) is 0 Å². The molecule has 1 N–H and O–H groups in total. The monoisotopic (exact) mass is 848 g/mol. The van der Waals surface area contributed by atoms with Crippen molar-refractivity contribution in [1.29, 1.82) is 0 Å². The average molecular weight is 849 g/mol. The van der Waals surface area contributed by atoms with Gasteiger partial charge in [-0.2, -0.15) is 0 Å². The highest BCUT2D eigenvalue weighted by Gasteiger charge is 2.54. The fourth-order valence-corrected chi connectivity index (χ4v) is 7.48. The molecule has 5 aromatic rings. The van der Waals surface area contributed by atoms with E-state index in [0.29, 0.717) is 11.1 Å². The molecule has 0 spiro atoms. The smallest absolute Gasteiger partial charge is 0.338 e. The van der Waals surface area contributed by atoms with Gasteiger partial charge in [0.25, 0.3) is 0 Å². The maximum Gasteiger partial charge on any atom is 0.338 e. The minimum atomic E-state index is -1.43. The van der Waals surface area contributed by atoms with Crippen molar-refractivity contribution in [2.75, 3.05) is 27.4 Å². The molecule has 5 aromatic carbocycles. The summed E-state index contributed by atoms with van der Waals surface area (Å²) in [6, 6.07) is 45.7. The molecular weight excluding hydrogens is 797 g/mol. The maximum absolute atomic E-state index is 13.7. The molecule has 0 amide bonds. The summed E-state index contributed by atoms with van der Waals surface area (Å²) in [6.07, 6.45) is -11.0. The van der Waals surface area contributed by atoms with E-state index < -0.39 is 73.4 Å². The summed E-state index contributed by atoms with van der Waals surface area (Å²) in [4.78, 5) is 27.0. The summed E-state index contributed by atoms with van der Waals surface area (Å²) >= 11 is 0. The van der Waals surface area contributed by atoms with E-state index in [2.05, 4.69) is 0 Å². The average Bonchev–Trinajstić information content (AvgIpc) is 3.32. The lowest BCUT2D eigenvalue weighted by Crippen LogP contribution is -2.66. The van der Waals surface area contributed by atoms with Crippen molar-refractivity contribution in [2.24, 2.45) is 0 Å². The van der Waals surface area contributed by atoms with Crippen molar-refractivity contribution in [3.63, 3.8) is 0 Å². The number of ether oxygens (including phenoxy) is 10. The van der Waals surface area contributed by atoms with Gasteiger partial charge in [-0.05, 0) is 41.0 Å². The second-order valence-electron chi connectivity index (χ2n) is 14.8. The number of methoxy groups -OCH3 is 2. The van der Waals surface area contributed by atoms with Gasteiger partial charge in [0.2, 0.25) is 0 Å². The molecule has 2 saturated heterocycles. The molecular formula is C49H52O13. The zero-order valence-corrected chi connectivity index (χ0v) is 34.6. The van der Waals surface area contributed by atoms with E-state index in [1.54, 1.807) is 60.7 Å². The van der Waals surface area contributed by atoms with Gasteiger partial charge in [-0.1, -0.05) is 127 Å². The van der Waals surface area contributed by atoms with Crippen LogP contribution in [-0.4, -0.2) is 106 Å². The second-order valence-corrected chi connectivity index (χ2v) is 14.8. The number of hydrogen-bond donors (Lipinski definition) is 1. The first kappa shape index (κ1) is 44.7. The summed E-state index contributed by atoms with van der Waals surface area (Å²) in [5.74, 6) is -1.26. The topological polar surface area (TPSA) is 147 Å². The zero-order valence-electron chi connectivity index (χ0n) is 34.6. The van der Waals surface area contributed by atoms with Gasteiger partial charge >= 0.3 is 11.9 Å². The van der Waals surface area contributed by atoms with E-state index in [-0.39, 0.29) is 33.0 Å². The molecule has 2 fully saturated rings. The number of benzene rings is 5. The Bertz CT molecular complexity index is 2080. The lowest BCUT2D eigenvalue weighted by molar-refractivity contribution is -0.366. The molecule has 2 aliphatic rings. The molecule has 0 aliphatic carbocycles. The molecule has 10 atom stereocenters. The van der Waals surface area contributed by atoms with E-state index in [1.165, 1.54) is 14.2 Å². The summed E-state index contributed by atoms with van der Waals surface area (Å²) in [5.41, 5.74) is 3.27. The summed E-state index contributed by atoms with van der Waals surface area (Å²) in [6.45, 7) is 0.124. The Hall–Kier alpha value is -5.32. The Morgan fingerprint density at radius 1 is 0.500 bits per heavy atom. The van der Waals surface area contributed by atoms with Crippen molar-refractivity contribution < 1.29 is 62.1 Å². The largest absolute Gasteiger partial charge is 0.459 e. The zero-order chi connectivity index (χ0) is 43.1. The quantitative estimate of drug-likeness (QED) is 0.0927. The van der Waals surface area contributed by atoms with Crippen molar-refractivity contribution in [3.8, 4) is 0 Å². The molecule has 2 aliphatic heterocycles. The van der Waals surface area contributed by atoms with E-state index >= 15 is 0 Å². The third kappa shape index (κ3) is 11.8.